The number of aliphatic hydroxyl groups is 1. The van der Waals surface area contributed by atoms with E-state index in [2.05, 4.69) is 4.90 Å². The number of carbonyl (C=O) groups excluding carboxylic acids is 1. The van der Waals surface area contributed by atoms with Crippen molar-refractivity contribution in [1.82, 2.24) is 9.80 Å². The zero-order valence-corrected chi connectivity index (χ0v) is 14.8. The number of piperidine rings is 1. The van der Waals surface area contributed by atoms with Crippen LogP contribution >= 0.6 is 0 Å². The Labute approximate surface area is 148 Å². The van der Waals surface area contributed by atoms with Gasteiger partial charge in [-0.3, -0.25) is 4.79 Å². The van der Waals surface area contributed by atoms with E-state index >= 15 is 0 Å². The second-order valence-corrected chi connectivity index (χ2v) is 7.12. The van der Waals surface area contributed by atoms with Gasteiger partial charge in [0, 0.05) is 32.2 Å². The van der Waals surface area contributed by atoms with Gasteiger partial charge >= 0.3 is 0 Å². The minimum absolute atomic E-state index is 0.0720. The van der Waals surface area contributed by atoms with E-state index in [1.807, 2.05) is 0 Å². The standard InChI is InChI=1S/C19H27FN2O3/c1-25-18-6-5-16(20)9-17(18)19(24)22-11-14(15(12-22)13-23)10-21-7-3-2-4-8-21/h5-6,9,14-15,23H,2-4,7-8,10-13H2,1H3. The van der Waals surface area contributed by atoms with Crippen molar-refractivity contribution < 1.29 is 19.0 Å². The fourth-order valence-corrected chi connectivity index (χ4v) is 4.01. The highest BCUT2D eigenvalue weighted by atomic mass is 19.1. The van der Waals surface area contributed by atoms with Crippen molar-refractivity contribution in [2.75, 3.05) is 46.4 Å². The number of hydrogen-bond donors (Lipinski definition) is 1. The number of carbonyl (C=O) groups is 1. The van der Waals surface area contributed by atoms with Gasteiger partial charge in [0.1, 0.15) is 11.6 Å². The molecule has 5 nitrogen and oxygen atoms in total. The van der Waals surface area contributed by atoms with Crippen molar-refractivity contribution in [2.24, 2.45) is 11.8 Å². The quantitative estimate of drug-likeness (QED) is 0.883. The van der Waals surface area contributed by atoms with Crippen molar-refractivity contribution >= 4 is 5.91 Å². The zero-order valence-electron chi connectivity index (χ0n) is 14.8. The van der Waals surface area contributed by atoms with Crippen LogP contribution in [0.5, 0.6) is 5.75 Å². The minimum Gasteiger partial charge on any atom is -0.496 e. The molecule has 2 aliphatic heterocycles. The maximum Gasteiger partial charge on any atom is 0.257 e. The summed E-state index contributed by atoms with van der Waals surface area (Å²) in [7, 11) is 1.48. The van der Waals surface area contributed by atoms with Gasteiger partial charge in [-0.2, -0.15) is 0 Å². The SMILES string of the molecule is COc1ccc(F)cc1C(=O)N1CC(CO)C(CN2CCCCC2)C1. The third-order valence-electron chi connectivity index (χ3n) is 5.43. The number of methoxy groups -OCH3 is 1. The third-order valence-corrected chi connectivity index (χ3v) is 5.43. The molecule has 1 aromatic rings. The van der Waals surface area contributed by atoms with Gasteiger partial charge in [0.25, 0.3) is 5.91 Å². The first-order valence-electron chi connectivity index (χ1n) is 9.08. The summed E-state index contributed by atoms with van der Waals surface area (Å²) in [5, 5.41) is 9.74. The van der Waals surface area contributed by atoms with E-state index < -0.39 is 5.82 Å². The first-order chi connectivity index (χ1) is 12.1. The molecule has 2 fully saturated rings. The van der Waals surface area contributed by atoms with Gasteiger partial charge in [-0.1, -0.05) is 6.42 Å². The van der Waals surface area contributed by atoms with Gasteiger partial charge in [0.15, 0.2) is 0 Å². The summed E-state index contributed by atoms with van der Waals surface area (Å²) in [5.74, 6) is 0.0336. The van der Waals surface area contributed by atoms with E-state index in [1.165, 1.54) is 44.6 Å². The topological polar surface area (TPSA) is 53.0 Å². The van der Waals surface area contributed by atoms with Crippen LogP contribution < -0.4 is 4.74 Å². The largest absolute Gasteiger partial charge is 0.496 e. The van der Waals surface area contributed by atoms with E-state index in [-0.39, 0.29) is 29.9 Å². The average Bonchev–Trinajstić information content (AvgIpc) is 3.04. The number of aliphatic hydroxyl groups excluding tert-OH is 1. The molecule has 1 amide bonds. The Kier molecular flexibility index (Phi) is 5.91. The van der Waals surface area contributed by atoms with Gasteiger partial charge in [-0.05, 0) is 50.0 Å². The smallest absolute Gasteiger partial charge is 0.257 e. The maximum absolute atomic E-state index is 13.6. The molecule has 25 heavy (non-hydrogen) atoms. The minimum atomic E-state index is -0.452. The lowest BCUT2D eigenvalue weighted by atomic mass is 9.95. The highest BCUT2D eigenvalue weighted by Gasteiger charge is 2.37. The Morgan fingerprint density at radius 3 is 2.64 bits per heavy atom. The number of likely N-dealkylation sites (tertiary alicyclic amines) is 2. The van der Waals surface area contributed by atoms with Crippen LogP contribution in [0, 0.1) is 17.7 Å². The van der Waals surface area contributed by atoms with Crippen LogP contribution in [0.15, 0.2) is 18.2 Å². The van der Waals surface area contributed by atoms with Crippen molar-refractivity contribution in [3.63, 3.8) is 0 Å². The molecule has 0 saturated carbocycles. The molecule has 0 spiro atoms. The molecule has 2 unspecified atom stereocenters. The molecule has 2 heterocycles. The number of amides is 1. The highest BCUT2D eigenvalue weighted by Crippen LogP contribution is 2.29. The summed E-state index contributed by atoms with van der Waals surface area (Å²) in [5.41, 5.74) is 0.248. The van der Waals surface area contributed by atoms with Crippen LogP contribution in [0.2, 0.25) is 0 Å². The number of nitrogens with zero attached hydrogens (tertiary/aromatic N) is 2. The second kappa shape index (κ2) is 8.15. The molecule has 1 aromatic carbocycles. The number of benzene rings is 1. The van der Waals surface area contributed by atoms with E-state index in [9.17, 15) is 14.3 Å². The molecule has 2 saturated heterocycles. The maximum atomic E-state index is 13.6. The highest BCUT2D eigenvalue weighted by molar-refractivity contribution is 5.97. The zero-order chi connectivity index (χ0) is 17.8. The van der Waals surface area contributed by atoms with Gasteiger partial charge in [-0.15, -0.1) is 0 Å². The number of ether oxygens (including phenoxy) is 1. The molecule has 3 rings (SSSR count). The summed E-state index contributed by atoms with van der Waals surface area (Å²) < 4.78 is 18.8. The normalized spacial score (nSPS) is 24.5. The second-order valence-electron chi connectivity index (χ2n) is 7.12. The van der Waals surface area contributed by atoms with Gasteiger partial charge in [0.2, 0.25) is 0 Å². The Morgan fingerprint density at radius 2 is 1.96 bits per heavy atom. The number of rotatable bonds is 5. The van der Waals surface area contributed by atoms with Crippen LogP contribution in [0.3, 0.4) is 0 Å². The van der Waals surface area contributed by atoms with Gasteiger partial charge in [0.05, 0.1) is 12.7 Å². The molecule has 0 bridgehead atoms. The molecule has 138 valence electrons. The summed E-state index contributed by atoms with van der Waals surface area (Å²) in [6, 6.07) is 4.00. The molecular weight excluding hydrogens is 323 g/mol. The molecule has 0 radical (unpaired) electrons. The molecule has 1 N–H and O–H groups in total. The molecule has 2 aliphatic rings. The van der Waals surface area contributed by atoms with Crippen molar-refractivity contribution in [1.29, 1.82) is 0 Å². The molecular formula is C19H27FN2O3. The van der Waals surface area contributed by atoms with Crippen molar-refractivity contribution in [3.05, 3.63) is 29.6 Å². The molecule has 0 aliphatic carbocycles. The van der Waals surface area contributed by atoms with Crippen LogP contribution in [-0.4, -0.2) is 67.3 Å². The monoisotopic (exact) mass is 350 g/mol. The molecule has 0 aromatic heterocycles. The summed E-state index contributed by atoms with van der Waals surface area (Å²) in [6.45, 7) is 4.28. The lowest BCUT2D eigenvalue weighted by molar-refractivity contribution is 0.0774. The van der Waals surface area contributed by atoms with Crippen LogP contribution in [0.1, 0.15) is 29.6 Å². The van der Waals surface area contributed by atoms with Crippen molar-refractivity contribution in [2.45, 2.75) is 19.3 Å². The van der Waals surface area contributed by atoms with E-state index in [0.717, 1.165) is 19.6 Å². The van der Waals surface area contributed by atoms with Gasteiger partial charge in [-0.25, -0.2) is 4.39 Å². The lowest BCUT2D eigenvalue weighted by Crippen LogP contribution is -2.37. The summed E-state index contributed by atoms with van der Waals surface area (Å²) in [6.07, 6.45) is 3.73. The predicted molar refractivity (Wildman–Crippen MR) is 93.2 cm³/mol. The predicted octanol–water partition coefficient (Wildman–Crippen LogP) is 2.00. The molecule has 2 atom stereocenters. The van der Waals surface area contributed by atoms with E-state index in [0.29, 0.717) is 18.8 Å². The summed E-state index contributed by atoms with van der Waals surface area (Å²) in [4.78, 5) is 17.0. The van der Waals surface area contributed by atoms with Crippen molar-refractivity contribution in [3.8, 4) is 5.75 Å². The number of hydrogen-bond acceptors (Lipinski definition) is 4. The fraction of sp³-hybridized carbons (Fsp3) is 0.632. The summed E-state index contributed by atoms with van der Waals surface area (Å²) >= 11 is 0. The third kappa shape index (κ3) is 4.12. The Hall–Kier alpha value is -1.66. The van der Waals surface area contributed by atoms with Crippen LogP contribution in [0.25, 0.3) is 0 Å². The van der Waals surface area contributed by atoms with Crippen LogP contribution in [0.4, 0.5) is 4.39 Å². The van der Waals surface area contributed by atoms with Crippen LogP contribution in [-0.2, 0) is 0 Å². The average molecular weight is 350 g/mol. The Bertz CT molecular complexity index is 604. The molecule has 6 heteroatoms. The van der Waals surface area contributed by atoms with E-state index in [1.54, 1.807) is 4.90 Å². The van der Waals surface area contributed by atoms with E-state index in [4.69, 9.17) is 4.74 Å². The Morgan fingerprint density at radius 1 is 1.24 bits per heavy atom. The first kappa shape index (κ1) is 18.1. The number of halogens is 1. The Balaban J connectivity index is 1.70. The first-order valence-corrected chi connectivity index (χ1v) is 9.08. The lowest BCUT2D eigenvalue weighted by Gasteiger charge is -2.30. The fourth-order valence-electron chi connectivity index (χ4n) is 4.01. The van der Waals surface area contributed by atoms with Gasteiger partial charge < -0.3 is 19.6 Å².